The largest absolute Gasteiger partial charge is 0.379 e. The zero-order valence-corrected chi connectivity index (χ0v) is 17.6. The molecule has 0 bridgehead atoms. The van der Waals surface area contributed by atoms with E-state index in [0.717, 1.165) is 5.69 Å². The number of sulfonamides is 1. The average Bonchev–Trinajstić information content (AvgIpc) is 2.70. The Balaban J connectivity index is 1.66. The van der Waals surface area contributed by atoms with E-state index in [-0.39, 0.29) is 35.5 Å². The van der Waals surface area contributed by atoms with Crippen LogP contribution in [0.3, 0.4) is 0 Å². The maximum absolute atomic E-state index is 12.9. The quantitative estimate of drug-likeness (QED) is 0.709. The predicted molar refractivity (Wildman–Crippen MR) is 110 cm³/mol. The highest BCUT2D eigenvalue weighted by Gasteiger charge is 2.28. The number of nitrogens with zero attached hydrogens (tertiary/aromatic N) is 3. The van der Waals surface area contributed by atoms with E-state index >= 15 is 0 Å². The fraction of sp³-hybridized carbons (Fsp3) is 0.368. The number of carbonyl (C=O) groups is 1. The molecule has 2 aromatic rings. The van der Waals surface area contributed by atoms with Crippen molar-refractivity contribution < 1.29 is 17.9 Å². The van der Waals surface area contributed by atoms with Gasteiger partial charge in [-0.1, -0.05) is 17.7 Å². The molecule has 1 aromatic carbocycles. The molecular formula is C19H23ClN4O4S. The number of likely N-dealkylation sites (N-methyl/N-ethyl adjacent to an activating group) is 1. The van der Waals surface area contributed by atoms with Crippen LogP contribution in [0.2, 0.25) is 5.02 Å². The molecule has 0 radical (unpaired) electrons. The fourth-order valence-electron chi connectivity index (χ4n) is 2.97. The van der Waals surface area contributed by atoms with Gasteiger partial charge in [0, 0.05) is 31.5 Å². The van der Waals surface area contributed by atoms with Gasteiger partial charge >= 0.3 is 0 Å². The summed E-state index contributed by atoms with van der Waals surface area (Å²) < 4.78 is 32.3. The summed E-state index contributed by atoms with van der Waals surface area (Å²) in [6, 6.07) is 10.1. The van der Waals surface area contributed by atoms with Crippen LogP contribution in [0, 0.1) is 0 Å². The first-order valence-corrected chi connectivity index (χ1v) is 10.9. The number of halogens is 1. The average molecular weight is 439 g/mol. The van der Waals surface area contributed by atoms with Crippen LogP contribution in [0.1, 0.15) is 5.69 Å². The Morgan fingerprint density at radius 2 is 2.03 bits per heavy atom. The maximum Gasteiger partial charge on any atom is 0.244 e. The summed E-state index contributed by atoms with van der Waals surface area (Å²) in [5.41, 5.74) is 1.23. The number of rotatable bonds is 7. The highest BCUT2D eigenvalue weighted by molar-refractivity contribution is 7.89. The second-order valence-electron chi connectivity index (χ2n) is 6.70. The van der Waals surface area contributed by atoms with E-state index in [9.17, 15) is 13.2 Å². The van der Waals surface area contributed by atoms with Crippen molar-refractivity contribution in [3.05, 3.63) is 53.3 Å². The van der Waals surface area contributed by atoms with Gasteiger partial charge in [0.2, 0.25) is 15.9 Å². The summed E-state index contributed by atoms with van der Waals surface area (Å²) >= 11 is 6.15. The van der Waals surface area contributed by atoms with Gasteiger partial charge in [-0.3, -0.25) is 14.7 Å². The van der Waals surface area contributed by atoms with Crippen LogP contribution >= 0.6 is 11.6 Å². The molecule has 0 unspecified atom stereocenters. The summed E-state index contributed by atoms with van der Waals surface area (Å²) in [5.74, 6) is -0.263. The van der Waals surface area contributed by atoms with Crippen LogP contribution in [0.5, 0.6) is 0 Å². The van der Waals surface area contributed by atoms with E-state index in [1.165, 1.54) is 16.4 Å². The molecule has 0 atom stereocenters. The molecule has 0 spiro atoms. The minimum absolute atomic E-state index is 0.0271. The number of benzene rings is 1. The number of nitrogens with one attached hydrogen (secondary N) is 1. The molecule has 1 aromatic heterocycles. The topological polar surface area (TPSA) is 91.8 Å². The van der Waals surface area contributed by atoms with Crippen molar-refractivity contribution in [2.24, 2.45) is 0 Å². The lowest BCUT2D eigenvalue weighted by atomic mass is 10.3. The number of carbonyl (C=O) groups excluding carboxylic acids is 1. The van der Waals surface area contributed by atoms with Crippen LogP contribution in [0.15, 0.2) is 47.5 Å². The predicted octanol–water partition coefficient (Wildman–Crippen LogP) is 1.83. The molecule has 29 heavy (non-hydrogen) atoms. The van der Waals surface area contributed by atoms with Gasteiger partial charge in [0.15, 0.2) is 0 Å². The van der Waals surface area contributed by atoms with E-state index in [1.54, 1.807) is 12.3 Å². The Hall–Kier alpha value is -2.04. The van der Waals surface area contributed by atoms with E-state index < -0.39 is 10.0 Å². The first kappa shape index (κ1) is 21.7. The van der Waals surface area contributed by atoms with Crippen LogP contribution in [-0.2, 0) is 26.1 Å². The van der Waals surface area contributed by atoms with Crippen molar-refractivity contribution in [1.82, 2.24) is 14.2 Å². The molecule has 1 amide bonds. The highest BCUT2D eigenvalue weighted by Crippen LogP contribution is 2.28. The zero-order chi connectivity index (χ0) is 20.9. The molecule has 156 valence electrons. The lowest BCUT2D eigenvalue weighted by Crippen LogP contribution is -2.40. The van der Waals surface area contributed by atoms with Crippen molar-refractivity contribution in [2.45, 2.75) is 11.4 Å². The molecule has 10 heteroatoms. The maximum atomic E-state index is 12.9. The number of hydrogen-bond donors (Lipinski definition) is 1. The minimum atomic E-state index is -3.76. The zero-order valence-electron chi connectivity index (χ0n) is 16.0. The fourth-order valence-corrected chi connectivity index (χ4v) is 4.88. The van der Waals surface area contributed by atoms with Gasteiger partial charge in [-0.15, -0.1) is 0 Å². The van der Waals surface area contributed by atoms with Crippen LogP contribution in [0.25, 0.3) is 0 Å². The van der Waals surface area contributed by atoms with Crippen molar-refractivity contribution in [1.29, 1.82) is 0 Å². The molecule has 2 heterocycles. The third kappa shape index (κ3) is 5.74. The standard InChI is InChI=1S/C19H23ClN4O4S/c1-23(13-16-4-2-3-7-21-16)14-19(25)22-15-5-6-17(20)18(12-15)29(26,27)24-8-10-28-11-9-24/h2-7,12H,8-11,13-14H2,1H3,(H,22,25). The summed E-state index contributed by atoms with van der Waals surface area (Å²) in [6.07, 6.45) is 1.70. The summed E-state index contributed by atoms with van der Waals surface area (Å²) in [7, 11) is -1.95. The lowest BCUT2D eigenvalue weighted by molar-refractivity contribution is -0.117. The van der Waals surface area contributed by atoms with Crippen molar-refractivity contribution in [3.8, 4) is 0 Å². The van der Waals surface area contributed by atoms with Gasteiger partial charge in [0.1, 0.15) is 4.90 Å². The Morgan fingerprint density at radius 1 is 1.28 bits per heavy atom. The number of amides is 1. The molecule has 1 aliphatic heterocycles. The number of anilines is 1. The van der Waals surface area contributed by atoms with Crippen molar-refractivity contribution >= 4 is 33.2 Å². The van der Waals surface area contributed by atoms with Gasteiger partial charge in [-0.05, 0) is 37.4 Å². The minimum Gasteiger partial charge on any atom is -0.379 e. The SMILES string of the molecule is CN(CC(=O)Nc1ccc(Cl)c(S(=O)(=O)N2CCOCC2)c1)Cc1ccccn1. The molecule has 1 N–H and O–H groups in total. The molecule has 0 aliphatic carbocycles. The Morgan fingerprint density at radius 3 is 2.72 bits per heavy atom. The molecular weight excluding hydrogens is 416 g/mol. The van der Waals surface area contributed by atoms with Crippen molar-refractivity contribution in [2.75, 3.05) is 45.2 Å². The molecule has 8 nitrogen and oxygen atoms in total. The Kier molecular flexibility index (Phi) is 7.20. The number of pyridine rings is 1. The van der Waals surface area contributed by atoms with E-state index in [4.69, 9.17) is 16.3 Å². The number of aromatic nitrogens is 1. The third-order valence-corrected chi connectivity index (χ3v) is 6.75. The van der Waals surface area contributed by atoms with Gasteiger partial charge in [0.05, 0.1) is 30.5 Å². The normalized spacial score (nSPS) is 15.4. The van der Waals surface area contributed by atoms with Crippen LogP contribution < -0.4 is 5.32 Å². The van der Waals surface area contributed by atoms with E-state index in [0.29, 0.717) is 25.4 Å². The monoisotopic (exact) mass is 438 g/mol. The summed E-state index contributed by atoms with van der Waals surface area (Å²) in [5, 5.41) is 2.85. The Labute approximate surface area is 175 Å². The van der Waals surface area contributed by atoms with Gasteiger partial charge in [0.25, 0.3) is 0 Å². The molecule has 1 aliphatic rings. The Bertz CT molecular complexity index is 950. The van der Waals surface area contributed by atoms with E-state index in [2.05, 4.69) is 10.3 Å². The first-order chi connectivity index (χ1) is 13.9. The second-order valence-corrected chi connectivity index (χ2v) is 9.02. The molecule has 3 rings (SSSR count). The van der Waals surface area contributed by atoms with Crippen LogP contribution in [-0.4, -0.2) is 68.4 Å². The van der Waals surface area contributed by atoms with Gasteiger partial charge in [-0.2, -0.15) is 4.31 Å². The van der Waals surface area contributed by atoms with E-state index in [1.807, 2.05) is 30.1 Å². The highest BCUT2D eigenvalue weighted by atomic mass is 35.5. The third-order valence-electron chi connectivity index (χ3n) is 4.37. The number of morpholine rings is 1. The van der Waals surface area contributed by atoms with Gasteiger partial charge in [-0.25, -0.2) is 8.42 Å². The van der Waals surface area contributed by atoms with Gasteiger partial charge < -0.3 is 10.1 Å². The molecule has 1 saturated heterocycles. The molecule has 0 saturated carbocycles. The summed E-state index contributed by atoms with van der Waals surface area (Å²) in [6.45, 7) is 1.88. The second kappa shape index (κ2) is 9.64. The smallest absolute Gasteiger partial charge is 0.244 e. The van der Waals surface area contributed by atoms with Crippen molar-refractivity contribution in [3.63, 3.8) is 0 Å². The summed E-state index contributed by atoms with van der Waals surface area (Å²) in [4.78, 5) is 18.4. The lowest BCUT2D eigenvalue weighted by Gasteiger charge is -2.26. The molecule has 1 fully saturated rings. The number of hydrogen-bond acceptors (Lipinski definition) is 6. The number of ether oxygens (including phenoxy) is 1. The first-order valence-electron chi connectivity index (χ1n) is 9.12. The van der Waals surface area contributed by atoms with Crippen LogP contribution in [0.4, 0.5) is 5.69 Å².